The van der Waals surface area contributed by atoms with Crippen molar-refractivity contribution in [2.75, 3.05) is 14.1 Å². The molecule has 0 bridgehead atoms. The molecular weight excluding hydrogens is 170 g/mol. The third-order valence-corrected chi connectivity index (χ3v) is 1.23. The first-order valence-electron chi connectivity index (χ1n) is 4.15. The van der Waals surface area contributed by atoms with E-state index in [1.54, 1.807) is 14.1 Å². The van der Waals surface area contributed by atoms with Crippen molar-refractivity contribution in [1.82, 2.24) is 4.90 Å². The molecule has 13 heavy (non-hydrogen) atoms. The van der Waals surface area contributed by atoms with Gasteiger partial charge in [0, 0.05) is 20.5 Å². The highest BCUT2D eigenvalue weighted by Gasteiger charge is 1.90. The van der Waals surface area contributed by atoms with E-state index in [1.165, 1.54) is 4.90 Å². The topological polar surface area (TPSA) is 90.4 Å². The van der Waals surface area contributed by atoms with Crippen molar-refractivity contribution in [1.29, 1.82) is 5.41 Å². The zero-order valence-electron chi connectivity index (χ0n) is 8.50. The summed E-state index contributed by atoms with van der Waals surface area (Å²) in [5, 5.41) is 14.7. The van der Waals surface area contributed by atoms with E-state index in [-0.39, 0.29) is 5.96 Å². The van der Waals surface area contributed by atoms with Crippen LogP contribution in [-0.2, 0) is 4.79 Å². The van der Waals surface area contributed by atoms with Crippen molar-refractivity contribution in [2.45, 2.75) is 26.2 Å². The summed E-state index contributed by atoms with van der Waals surface area (Å²) in [6.07, 6.45) is 2.08. The fraction of sp³-hybridized carbons (Fsp3) is 0.750. The van der Waals surface area contributed by atoms with Crippen LogP contribution in [0.2, 0.25) is 0 Å². The van der Waals surface area contributed by atoms with E-state index >= 15 is 0 Å². The van der Waals surface area contributed by atoms with Crippen LogP contribution in [0.25, 0.3) is 0 Å². The van der Waals surface area contributed by atoms with Crippen molar-refractivity contribution in [3.8, 4) is 0 Å². The van der Waals surface area contributed by atoms with Crippen molar-refractivity contribution in [3.05, 3.63) is 0 Å². The molecule has 0 aromatic carbocycles. The molecular formula is C8H19N3O2. The second-order valence-corrected chi connectivity index (χ2v) is 2.78. The number of nitrogens with zero attached hydrogens (tertiary/aromatic N) is 1. The Morgan fingerprint density at radius 3 is 2.00 bits per heavy atom. The number of carbonyl (C=O) groups is 1. The van der Waals surface area contributed by atoms with Gasteiger partial charge in [0.15, 0.2) is 5.96 Å². The van der Waals surface area contributed by atoms with E-state index in [0.29, 0.717) is 6.42 Å². The van der Waals surface area contributed by atoms with Crippen molar-refractivity contribution < 1.29 is 9.90 Å². The molecule has 5 nitrogen and oxygen atoms in total. The smallest absolute Gasteiger partial charge is 0.303 e. The molecule has 0 saturated heterocycles. The maximum atomic E-state index is 9.76. The number of aliphatic carboxylic acids is 1. The maximum Gasteiger partial charge on any atom is 0.303 e. The van der Waals surface area contributed by atoms with Crippen LogP contribution in [0.15, 0.2) is 0 Å². The number of carboxylic acid groups (broad SMARTS) is 1. The quantitative estimate of drug-likeness (QED) is 0.450. The fourth-order valence-corrected chi connectivity index (χ4v) is 0.328. The summed E-state index contributed by atoms with van der Waals surface area (Å²) in [5.41, 5.74) is 4.94. The molecule has 0 atom stereocenters. The molecule has 0 spiro atoms. The molecule has 0 aromatic heterocycles. The summed E-state index contributed by atoms with van der Waals surface area (Å²) in [5.74, 6) is -0.600. The Morgan fingerprint density at radius 2 is 1.92 bits per heavy atom. The zero-order chi connectivity index (χ0) is 10.9. The maximum absolute atomic E-state index is 9.76. The number of rotatable bonds is 3. The van der Waals surface area contributed by atoms with Gasteiger partial charge in [0.2, 0.25) is 0 Å². The highest BCUT2D eigenvalue weighted by atomic mass is 16.4. The second kappa shape index (κ2) is 8.83. The van der Waals surface area contributed by atoms with Crippen LogP contribution in [0.4, 0.5) is 0 Å². The minimum atomic E-state index is -0.693. The average molecular weight is 189 g/mol. The zero-order valence-corrected chi connectivity index (χ0v) is 8.50. The molecule has 0 fully saturated rings. The normalized spacial score (nSPS) is 8.23. The van der Waals surface area contributed by atoms with Gasteiger partial charge in [-0.1, -0.05) is 13.3 Å². The molecule has 0 unspecified atom stereocenters. The van der Waals surface area contributed by atoms with E-state index in [0.717, 1.165) is 12.8 Å². The first-order chi connectivity index (χ1) is 5.91. The van der Waals surface area contributed by atoms with Crippen LogP contribution in [-0.4, -0.2) is 36.0 Å². The Balaban J connectivity index is 0. The van der Waals surface area contributed by atoms with Gasteiger partial charge in [0.25, 0.3) is 0 Å². The number of hydrogen-bond acceptors (Lipinski definition) is 2. The standard InChI is InChI=1S/C5H10O2.C3H9N3/c1-2-3-4-5(6)7;1-6(2)3(4)5/h2-4H2,1H3,(H,6,7);1-2H3,(H3,4,5). The minimum absolute atomic E-state index is 0.0926. The van der Waals surface area contributed by atoms with Crippen LogP contribution in [0.3, 0.4) is 0 Å². The van der Waals surface area contributed by atoms with E-state index in [1.807, 2.05) is 6.92 Å². The molecule has 0 amide bonds. The number of carboxylic acids is 1. The SMILES string of the molecule is CCCCC(=O)O.CN(C)C(=N)N. The van der Waals surface area contributed by atoms with Crippen LogP contribution in [0.5, 0.6) is 0 Å². The molecule has 0 aliphatic carbocycles. The highest BCUT2D eigenvalue weighted by molar-refractivity contribution is 5.73. The van der Waals surface area contributed by atoms with Crippen LogP contribution in [0.1, 0.15) is 26.2 Å². The Morgan fingerprint density at radius 1 is 1.54 bits per heavy atom. The Labute approximate surface area is 79.0 Å². The molecule has 0 radical (unpaired) electrons. The summed E-state index contributed by atoms with van der Waals surface area (Å²) >= 11 is 0. The Bertz CT molecular complexity index is 157. The molecule has 5 heteroatoms. The summed E-state index contributed by atoms with van der Waals surface area (Å²) in [7, 11) is 3.45. The largest absolute Gasteiger partial charge is 0.481 e. The summed E-state index contributed by atoms with van der Waals surface area (Å²) in [4.78, 5) is 11.3. The average Bonchev–Trinajstić information content (AvgIpc) is 2.01. The monoisotopic (exact) mass is 189 g/mol. The lowest BCUT2D eigenvalue weighted by Crippen LogP contribution is -2.28. The molecule has 0 saturated carbocycles. The van der Waals surface area contributed by atoms with Gasteiger partial charge in [-0.05, 0) is 6.42 Å². The molecule has 0 rings (SSSR count). The van der Waals surface area contributed by atoms with E-state index in [2.05, 4.69) is 0 Å². The van der Waals surface area contributed by atoms with Crippen molar-refractivity contribution in [2.24, 2.45) is 5.73 Å². The van der Waals surface area contributed by atoms with Gasteiger partial charge >= 0.3 is 5.97 Å². The molecule has 0 aliphatic heterocycles. The highest BCUT2D eigenvalue weighted by Crippen LogP contribution is 1.91. The van der Waals surface area contributed by atoms with Gasteiger partial charge in [-0.3, -0.25) is 10.2 Å². The summed E-state index contributed by atoms with van der Waals surface area (Å²) in [6, 6.07) is 0. The summed E-state index contributed by atoms with van der Waals surface area (Å²) in [6.45, 7) is 1.98. The van der Waals surface area contributed by atoms with E-state index < -0.39 is 5.97 Å². The van der Waals surface area contributed by atoms with Gasteiger partial charge in [0.05, 0.1) is 0 Å². The molecule has 0 aromatic rings. The number of hydrogen-bond donors (Lipinski definition) is 3. The van der Waals surface area contributed by atoms with Gasteiger partial charge in [-0.15, -0.1) is 0 Å². The van der Waals surface area contributed by atoms with Crippen molar-refractivity contribution in [3.63, 3.8) is 0 Å². The minimum Gasteiger partial charge on any atom is -0.481 e. The lowest BCUT2D eigenvalue weighted by atomic mass is 10.3. The van der Waals surface area contributed by atoms with E-state index in [4.69, 9.17) is 16.2 Å². The number of nitrogens with one attached hydrogen (secondary N) is 1. The first-order valence-corrected chi connectivity index (χ1v) is 4.15. The van der Waals surface area contributed by atoms with Crippen LogP contribution < -0.4 is 5.73 Å². The number of unbranched alkanes of at least 4 members (excludes halogenated alkanes) is 1. The number of nitrogens with two attached hydrogens (primary N) is 1. The van der Waals surface area contributed by atoms with Gasteiger partial charge in [-0.25, -0.2) is 0 Å². The lowest BCUT2D eigenvalue weighted by molar-refractivity contribution is -0.137. The first kappa shape index (κ1) is 14.3. The predicted octanol–water partition coefficient (Wildman–Crippen LogP) is 0.703. The molecule has 4 N–H and O–H groups in total. The van der Waals surface area contributed by atoms with Crippen LogP contribution >= 0.6 is 0 Å². The Hall–Kier alpha value is -1.26. The molecule has 0 heterocycles. The molecule has 0 aliphatic rings. The lowest BCUT2D eigenvalue weighted by Gasteiger charge is -2.05. The predicted molar refractivity (Wildman–Crippen MR) is 52.8 cm³/mol. The van der Waals surface area contributed by atoms with Crippen LogP contribution in [0, 0.1) is 5.41 Å². The third-order valence-electron chi connectivity index (χ3n) is 1.23. The molecule has 78 valence electrons. The van der Waals surface area contributed by atoms with Gasteiger partial charge < -0.3 is 15.7 Å². The second-order valence-electron chi connectivity index (χ2n) is 2.78. The third kappa shape index (κ3) is 18.1. The van der Waals surface area contributed by atoms with Crippen molar-refractivity contribution >= 4 is 11.9 Å². The Kier molecular flexibility index (Phi) is 9.70. The van der Waals surface area contributed by atoms with Gasteiger partial charge in [0.1, 0.15) is 0 Å². The van der Waals surface area contributed by atoms with E-state index in [9.17, 15) is 4.79 Å². The number of guanidine groups is 1. The fourth-order valence-electron chi connectivity index (χ4n) is 0.328. The summed E-state index contributed by atoms with van der Waals surface area (Å²) < 4.78 is 0. The van der Waals surface area contributed by atoms with Gasteiger partial charge in [-0.2, -0.15) is 0 Å².